The molecule has 0 aromatic rings. The summed E-state index contributed by atoms with van der Waals surface area (Å²) in [6, 6.07) is 0.650. The molecular formula is C11H22N2O2. The van der Waals surface area contributed by atoms with E-state index in [9.17, 15) is 4.79 Å². The minimum absolute atomic E-state index is 0.172. The van der Waals surface area contributed by atoms with Crippen molar-refractivity contribution in [1.82, 2.24) is 10.2 Å². The minimum Gasteiger partial charge on any atom is -0.481 e. The number of nitrogens with one attached hydrogen (secondary N) is 1. The zero-order valence-electron chi connectivity index (χ0n) is 9.70. The third kappa shape index (κ3) is 4.18. The Morgan fingerprint density at radius 2 is 2.33 bits per heavy atom. The number of piperazine rings is 1. The molecule has 1 rings (SSSR count). The van der Waals surface area contributed by atoms with Gasteiger partial charge in [-0.3, -0.25) is 9.69 Å². The zero-order chi connectivity index (χ0) is 11.3. The number of nitrogens with zero attached hydrogens (tertiary/aromatic N) is 1. The van der Waals surface area contributed by atoms with E-state index in [2.05, 4.69) is 24.1 Å². The summed E-state index contributed by atoms with van der Waals surface area (Å²) in [5, 5.41) is 12.2. The van der Waals surface area contributed by atoms with Crippen LogP contribution in [-0.4, -0.2) is 47.7 Å². The average Bonchev–Trinajstić information content (AvgIpc) is 2.18. The molecule has 1 saturated heterocycles. The molecule has 2 atom stereocenters. The molecule has 0 spiro atoms. The van der Waals surface area contributed by atoms with E-state index < -0.39 is 5.97 Å². The van der Waals surface area contributed by atoms with Crippen LogP contribution in [0.1, 0.15) is 33.1 Å². The summed E-state index contributed by atoms with van der Waals surface area (Å²) in [7, 11) is 0. The van der Waals surface area contributed by atoms with Crippen LogP contribution in [-0.2, 0) is 4.79 Å². The summed E-state index contributed by atoms with van der Waals surface area (Å²) >= 11 is 0. The number of carboxylic acid groups (broad SMARTS) is 1. The van der Waals surface area contributed by atoms with Gasteiger partial charge in [0.1, 0.15) is 0 Å². The first-order valence-electron chi connectivity index (χ1n) is 5.82. The third-order valence-electron chi connectivity index (χ3n) is 2.94. The van der Waals surface area contributed by atoms with Gasteiger partial charge in [-0.15, -0.1) is 0 Å². The first kappa shape index (κ1) is 12.5. The summed E-state index contributed by atoms with van der Waals surface area (Å²) in [6.07, 6.45) is 2.57. The highest BCUT2D eigenvalue weighted by atomic mass is 16.4. The summed E-state index contributed by atoms with van der Waals surface area (Å²) in [5.41, 5.74) is 0. The first-order chi connectivity index (χ1) is 7.13. The molecule has 0 radical (unpaired) electrons. The Bertz CT molecular complexity index is 209. The Labute approximate surface area is 91.6 Å². The first-order valence-corrected chi connectivity index (χ1v) is 5.82. The van der Waals surface area contributed by atoms with Crippen molar-refractivity contribution < 1.29 is 9.90 Å². The van der Waals surface area contributed by atoms with E-state index in [0.29, 0.717) is 6.04 Å². The van der Waals surface area contributed by atoms with Gasteiger partial charge in [0, 0.05) is 25.2 Å². The van der Waals surface area contributed by atoms with Gasteiger partial charge in [-0.2, -0.15) is 0 Å². The van der Waals surface area contributed by atoms with E-state index in [0.717, 1.165) is 32.5 Å². The van der Waals surface area contributed by atoms with Crippen LogP contribution in [0.5, 0.6) is 0 Å². The van der Waals surface area contributed by atoms with Crippen molar-refractivity contribution in [3.63, 3.8) is 0 Å². The lowest BCUT2D eigenvalue weighted by molar-refractivity contribution is -0.138. The largest absolute Gasteiger partial charge is 0.481 e. The van der Waals surface area contributed by atoms with E-state index >= 15 is 0 Å². The molecule has 1 heterocycles. The summed E-state index contributed by atoms with van der Waals surface area (Å²) < 4.78 is 0. The van der Waals surface area contributed by atoms with Gasteiger partial charge in [0.25, 0.3) is 0 Å². The van der Waals surface area contributed by atoms with E-state index in [4.69, 9.17) is 5.11 Å². The fourth-order valence-electron chi connectivity index (χ4n) is 2.07. The number of rotatable bonds is 5. The molecule has 2 unspecified atom stereocenters. The molecule has 0 aromatic carbocycles. The maximum atomic E-state index is 10.7. The Morgan fingerprint density at radius 1 is 1.60 bits per heavy atom. The highest BCUT2D eigenvalue weighted by molar-refractivity contribution is 5.67. The molecule has 4 heteroatoms. The Morgan fingerprint density at radius 3 is 2.93 bits per heavy atom. The molecule has 1 aliphatic rings. The maximum absolute atomic E-state index is 10.7. The van der Waals surface area contributed by atoms with Gasteiger partial charge in [-0.1, -0.05) is 13.3 Å². The molecule has 0 bridgehead atoms. The molecule has 0 amide bonds. The average molecular weight is 214 g/mol. The second kappa shape index (κ2) is 6.08. The number of aliphatic carboxylic acids is 1. The van der Waals surface area contributed by atoms with Gasteiger partial charge in [0.15, 0.2) is 0 Å². The van der Waals surface area contributed by atoms with Gasteiger partial charge in [0.2, 0.25) is 0 Å². The monoisotopic (exact) mass is 214 g/mol. The summed E-state index contributed by atoms with van der Waals surface area (Å²) in [4.78, 5) is 13.0. The quantitative estimate of drug-likeness (QED) is 0.714. The lowest BCUT2D eigenvalue weighted by Crippen LogP contribution is -2.56. The van der Waals surface area contributed by atoms with Crippen LogP contribution in [0.25, 0.3) is 0 Å². The normalized spacial score (nSPS) is 27.9. The van der Waals surface area contributed by atoms with E-state index in [1.165, 1.54) is 0 Å². The van der Waals surface area contributed by atoms with Crippen molar-refractivity contribution in [2.45, 2.75) is 45.2 Å². The van der Waals surface area contributed by atoms with Crippen molar-refractivity contribution in [2.24, 2.45) is 0 Å². The molecule has 4 nitrogen and oxygen atoms in total. The number of hydrogen-bond acceptors (Lipinski definition) is 3. The second-order valence-electron chi connectivity index (χ2n) is 4.41. The van der Waals surface area contributed by atoms with Gasteiger partial charge in [-0.05, 0) is 19.9 Å². The predicted molar refractivity (Wildman–Crippen MR) is 60.0 cm³/mol. The number of hydrogen-bond donors (Lipinski definition) is 2. The number of carboxylic acids is 1. The predicted octanol–water partition coefficient (Wildman–Crippen LogP) is 0.923. The van der Waals surface area contributed by atoms with Crippen LogP contribution < -0.4 is 5.32 Å². The molecule has 15 heavy (non-hydrogen) atoms. The highest BCUT2D eigenvalue weighted by Gasteiger charge is 2.26. The van der Waals surface area contributed by atoms with Crippen LogP contribution in [0.4, 0.5) is 0 Å². The van der Waals surface area contributed by atoms with E-state index in [-0.39, 0.29) is 12.5 Å². The summed E-state index contributed by atoms with van der Waals surface area (Å²) in [5.74, 6) is -0.696. The standard InChI is InChI=1S/C11H22N2O2/c1-3-4-5-13-8-9(2)12-7-10(13)6-11(14)15/h9-10,12H,3-8H2,1-2H3,(H,14,15). The molecule has 0 aliphatic carbocycles. The maximum Gasteiger partial charge on any atom is 0.304 e. The minimum atomic E-state index is -0.696. The highest BCUT2D eigenvalue weighted by Crippen LogP contribution is 2.11. The zero-order valence-corrected chi connectivity index (χ0v) is 9.70. The van der Waals surface area contributed by atoms with Gasteiger partial charge in [0.05, 0.1) is 6.42 Å². The van der Waals surface area contributed by atoms with Gasteiger partial charge in [-0.25, -0.2) is 0 Å². The number of carbonyl (C=O) groups is 1. The molecule has 0 saturated carbocycles. The van der Waals surface area contributed by atoms with E-state index in [1.807, 2.05) is 0 Å². The van der Waals surface area contributed by atoms with Crippen molar-refractivity contribution in [2.75, 3.05) is 19.6 Å². The molecule has 1 aliphatic heterocycles. The van der Waals surface area contributed by atoms with Crippen molar-refractivity contribution in [1.29, 1.82) is 0 Å². The third-order valence-corrected chi connectivity index (χ3v) is 2.94. The van der Waals surface area contributed by atoms with E-state index in [1.54, 1.807) is 0 Å². The van der Waals surface area contributed by atoms with Crippen molar-refractivity contribution in [3.8, 4) is 0 Å². The van der Waals surface area contributed by atoms with Crippen LogP contribution in [0.15, 0.2) is 0 Å². The smallest absolute Gasteiger partial charge is 0.304 e. The molecule has 2 N–H and O–H groups in total. The van der Waals surface area contributed by atoms with Crippen molar-refractivity contribution in [3.05, 3.63) is 0 Å². The lowest BCUT2D eigenvalue weighted by atomic mass is 10.1. The van der Waals surface area contributed by atoms with Crippen LogP contribution in [0.3, 0.4) is 0 Å². The van der Waals surface area contributed by atoms with Crippen LogP contribution in [0, 0.1) is 0 Å². The van der Waals surface area contributed by atoms with Crippen molar-refractivity contribution >= 4 is 5.97 Å². The summed E-state index contributed by atoms with van der Waals surface area (Å²) in [6.45, 7) is 7.11. The van der Waals surface area contributed by atoms with Gasteiger partial charge < -0.3 is 10.4 Å². The fourth-order valence-corrected chi connectivity index (χ4v) is 2.07. The van der Waals surface area contributed by atoms with Crippen LogP contribution >= 0.6 is 0 Å². The van der Waals surface area contributed by atoms with Gasteiger partial charge >= 0.3 is 5.97 Å². The molecule has 0 aromatic heterocycles. The fraction of sp³-hybridized carbons (Fsp3) is 0.909. The molecular weight excluding hydrogens is 192 g/mol. The number of unbranched alkanes of at least 4 members (excludes halogenated alkanes) is 1. The Hall–Kier alpha value is -0.610. The lowest BCUT2D eigenvalue weighted by Gasteiger charge is -2.38. The molecule has 88 valence electrons. The Kier molecular flexibility index (Phi) is 5.05. The SMILES string of the molecule is CCCCN1CC(C)NCC1CC(=O)O. The Balaban J connectivity index is 2.45. The topological polar surface area (TPSA) is 52.6 Å². The molecule has 1 fully saturated rings. The van der Waals surface area contributed by atoms with Crippen LogP contribution in [0.2, 0.25) is 0 Å². The second-order valence-corrected chi connectivity index (χ2v) is 4.41.